The van der Waals surface area contributed by atoms with Crippen molar-refractivity contribution in [1.29, 1.82) is 0 Å². The fraction of sp³-hybridized carbons (Fsp3) is 0.435. The highest BCUT2D eigenvalue weighted by Gasteiger charge is 2.29. The lowest BCUT2D eigenvalue weighted by Gasteiger charge is -2.33. The number of hydrogen-bond acceptors (Lipinski definition) is 2. The van der Waals surface area contributed by atoms with E-state index in [9.17, 15) is 4.79 Å². The van der Waals surface area contributed by atoms with Crippen molar-refractivity contribution >= 4 is 11.7 Å². The SMILES string of the molecule is O=C(Nc1ccccc1)N1CC[C@@H](CN2CCC(c3ccccc3)CC2)C1. The van der Waals surface area contributed by atoms with Gasteiger partial charge < -0.3 is 15.1 Å². The topological polar surface area (TPSA) is 35.6 Å². The molecular formula is C23H29N3O. The number of nitrogens with one attached hydrogen (secondary N) is 1. The number of amides is 2. The number of carbonyl (C=O) groups is 1. The van der Waals surface area contributed by atoms with Gasteiger partial charge in [-0.1, -0.05) is 48.5 Å². The van der Waals surface area contributed by atoms with E-state index in [4.69, 9.17) is 0 Å². The summed E-state index contributed by atoms with van der Waals surface area (Å²) < 4.78 is 0. The summed E-state index contributed by atoms with van der Waals surface area (Å²) in [5, 5.41) is 3.01. The summed E-state index contributed by atoms with van der Waals surface area (Å²) in [4.78, 5) is 17.0. The molecule has 2 aliphatic rings. The van der Waals surface area contributed by atoms with Gasteiger partial charge in [-0.25, -0.2) is 4.79 Å². The van der Waals surface area contributed by atoms with Crippen molar-refractivity contribution in [3.8, 4) is 0 Å². The van der Waals surface area contributed by atoms with Gasteiger partial charge in [0.1, 0.15) is 0 Å². The molecule has 2 heterocycles. The van der Waals surface area contributed by atoms with Crippen molar-refractivity contribution in [2.24, 2.45) is 5.92 Å². The first-order valence-corrected chi connectivity index (χ1v) is 10.2. The van der Waals surface area contributed by atoms with Gasteiger partial charge in [-0.15, -0.1) is 0 Å². The van der Waals surface area contributed by atoms with Crippen LogP contribution in [0.25, 0.3) is 0 Å². The molecule has 142 valence electrons. The van der Waals surface area contributed by atoms with Crippen molar-refractivity contribution in [2.75, 3.05) is 38.0 Å². The van der Waals surface area contributed by atoms with Crippen molar-refractivity contribution in [2.45, 2.75) is 25.2 Å². The Morgan fingerprint density at radius 1 is 0.889 bits per heavy atom. The summed E-state index contributed by atoms with van der Waals surface area (Å²) in [6.45, 7) is 5.20. The molecule has 0 bridgehead atoms. The first-order valence-electron chi connectivity index (χ1n) is 10.2. The van der Waals surface area contributed by atoms with Gasteiger partial charge in [0.05, 0.1) is 0 Å². The fourth-order valence-electron chi connectivity index (χ4n) is 4.43. The van der Waals surface area contributed by atoms with Gasteiger partial charge in [-0.2, -0.15) is 0 Å². The van der Waals surface area contributed by atoms with Crippen molar-refractivity contribution in [1.82, 2.24) is 9.80 Å². The van der Waals surface area contributed by atoms with E-state index in [-0.39, 0.29) is 6.03 Å². The second kappa shape index (κ2) is 8.57. The Morgan fingerprint density at radius 2 is 1.56 bits per heavy atom. The van der Waals surface area contributed by atoms with Gasteiger partial charge in [0, 0.05) is 25.3 Å². The number of carbonyl (C=O) groups excluding carboxylic acids is 1. The van der Waals surface area contributed by atoms with E-state index < -0.39 is 0 Å². The number of urea groups is 1. The molecule has 1 atom stereocenters. The van der Waals surface area contributed by atoms with Crippen LogP contribution < -0.4 is 5.32 Å². The maximum atomic E-state index is 12.5. The number of para-hydroxylation sites is 1. The lowest BCUT2D eigenvalue weighted by atomic mass is 9.89. The van der Waals surface area contributed by atoms with E-state index >= 15 is 0 Å². The van der Waals surface area contributed by atoms with E-state index in [1.165, 1.54) is 31.5 Å². The highest BCUT2D eigenvalue weighted by molar-refractivity contribution is 5.89. The van der Waals surface area contributed by atoms with E-state index in [0.717, 1.165) is 31.7 Å². The fourth-order valence-corrected chi connectivity index (χ4v) is 4.43. The van der Waals surface area contributed by atoms with Crippen molar-refractivity contribution in [3.63, 3.8) is 0 Å². The Kier molecular flexibility index (Phi) is 5.73. The zero-order chi connectivity index (χ0) is 18.5. The molecule has 0 saturated carbocycles. The maximum absolute atomic E-state index is 12.5. The number of hydrogen-bond donors (Lipinski definition) is 1. The third-order valence-electron chi connectivity index (χ3n) is 5.97. The zero-order valence-electron chi connectivity index (χ0n) is 15.9. The number of piperidine rings is 1. The van der Waals surface area contributed by atoms with Crippen LogP contribution in [0.4, 0.5) is 10.5 Å². The smallest absolute Gasteiger partial charge is 0.321 e. The predicted molar refractivity (Wildman–Crippen MR) is 110 cm³/mol. The van der Waals surface area contributed by atoms with Gasteiger partial charge in [-0.3, -0.25) is 0 Å². The summed E-state index contributed by atoms with van der Waals surface area (Å²) >= 11 is 0. The molecular weight excluding hydrogens is 334 g/mol. The largest absolute Gasteiger partial charge is 0.324 e. The van der Waals surface area contributed by atoms with Crippen molar-refractivity contribution in [3.05, 3.63) is 66.2 Å². The highest BCUT2D eigenvalue weighted by Crippen LogP contribution is 2.29. The van der Waals surface area contributed by atoms with Crippen LogP contribution in [0, 0.1) is 5.92 Å². The van der Waals surface area contributed by atoms with Crippen molar-refractivity contribution < 1.29 is 4.79 Å². The molecule has 0 aromatic heterocycles. The third-order valence-corrected chi connectivity index (χ3v) is 5.97. The molecule has 0 aliphatic carbocycles. The molecule has 4 nitrogen and oxygen atoms in total. The van der Waals surface area contributed by atoms with Crippen LogP contribution in [0.2, 0.25) is 0 Å². The predicted octanol–water partition coefficient (Wildman–Crippen LogP) is 4.42. The number of nitrogens with zero attached hydrogens (tertiary/aromatic N) is 2. The number of rotatable bonds is 4. The second-order valence-electron chi connectivity index (χ2n) is 7.88. The third kappa shape index (κ3) is 4.69. The van der Waals surface area contributed by atoms with E-state index in [0.29, 0.717) is 11.8 Å². The molecule has 4 heteroatoms. The molecule has 2 amide bonds. The van der Waals surface area contributed by atoms with Crippen LogP contribution in [0.3, 0.4) is 0 Å². The molecule has 2 fully saturated rings. The Labute approximate surface area is 162 Å². The molecule has 2 aromatic carbocycles. The average Bonchev–Trinajstić information content (AvgIpc) is 3.19. The minimum absolute atomic E-state index is 0.0338. The second-order valence-corrected chi connectivity index (χ2v) is 7.88. The summed E-state index contributed by atoms with van der Waals surface area (Å²) in [7, 11) is 0. The van der Waals surface area contributed by atoms with Crippen LogP contribution in [-0.2, 0) is 0 Å². The summed E-state index contributed by atoms with van der Waals surface area (Å²) in [5.41, 5.74) is 2.36. The van der Waals surface area contributed by atoms with Crippen LogP contribution in [-0.4, -0.2) is 48.6 Å². The summed E-state index contributed by atoms with van der Waals surface area (Å²) in [5.74, 6) is 1.30. The van der Waals surface area contributed by atoms with E-state index in [1.807, 2.05) is 35.2 Å². The first-order chi connectivity index (χ1) is 13.3. The standard InChI is InChI=1S/C23H29N3O/c27-23(24-22-9-5-2-6-10-22)26-16-11-19(18-26)17-25-14-12-21(13-15-25)20-7-3-1-4-8-20/h1-10,19,21H,11-18H2,(H,24,27)/t19-/m0/s1. The van der Waals surface area contributed by atoms with E-state index in [2.05, 4.69) is 40.5 Å². The number of anilines is 1. The summed E-state index contributed by atoms with van der Waals surface area (Å²) in [6, 6.07) is 20.7. The molecule has 1 N–H and O–H groups in total. The van der Waals surface area contributed by atoms with Gasteiger partial charge in [0.2, 0.25) is 0 Å². The van der Waals surface area contributed by atoms with Gasteiger partial charge in [0.25, 0.3) is 0 Å². The molecule has 0 radical (unpaired) electrons. The minimum Gasteiger partial charge on any atom is -0.324 e. The molecule has 4 rings (SSSR count). The molecule has 0 unspecified atom stereocenters. The molecule has 2 saturated heterocycles. The Morgan fingerprint density at radius 3 is 2.26 bits per heavy atom. The molecule has 2 aromatic rings. The Balaban J connectivity index is 1.22. The number of benzene rings is 2. The lowest BCUT2D eigenvalue weighted by Crippen LogP contribution is -2.38. The Bertz CT molecular complexity index is 726. The van der Waals surface area contributed by atoms with Gasteiger partial charge in [-0.05, 0) is 61.9 Å². The molecule has 27 heavy (non-hydrogen) atoms. The molecule has 2 aliphatic heterocycles. The normalized spacial score (nSPS) is 21.3. The van der Waals surface area contributed by atoms with Crippen LogP contribution >= 0.6 is 0 Å². The minimum atomic E-state index is 0.0338. The Hall–Kier alpha value is -2.33. The van der Waals surface area contributed by atoms with Gasteiger partial charge in [0.15, 0.2) is 0 Å². The average molecular weight is 364 g/mol. The molecule has 0 spiro atoms. The van der Waals surface area contributed by atoms with Crippen LogP contribution in [0.15, 0.2) is 60.7 Å². The van der Waals surface area contributed by atoms with Crippen LogP contribution in [0.1, 0.15) is 30.7 Å². The van der Waals surface area contributed by atoms with Gasteiger partial charge >= 0.3 is 6.03 Å². The number of likely N-dealkylation sites (tertiary alicyclic amines) is 2. The summed E-state index contributed by atoms with van der Waals surface area (Å²) in [6.07, 6.45) is 3.60. The zero-order valence-corrected chi connectivity index (χ0v) is 15.9. The monoisotopic (exact) mass is 363 g/mol. The lowest BCUT2D eigenvalue weighted by molar-refractivity contribution is 0.181. The highest BCUT2D eigenvalue weighted by atomic mass is 16.2. The van der Waals surface area contributed by atoms with Crippen LogP contribution in [0.5, 0.6) is 0 Å². The first kappa shape index (κ1) is 18.1. The van der Waals surface area contributed by atoms with E-state index in [1.54, 1.807) is 0 Å². The maximum Gasteiger partial charge on any atom is 0.321 e. The quantitative estimate of drug-likeness (QED) is 0.873.